The zero-order valence-corrected chi connectivity index (χ0v) is 22.3. The van der Waals surface area contributed by atoms with Gasteiger partial charge in [0.1, 0.15) is 6.04 Å². The molecule has 4 N–H and O–H groups in total. The van der Waals surface area contributed by atoms with Crippen molar-refractivity contribution in [2.75, 3.05) is 28.2 Å². The van der Waals surface area contributed by atoms with Gasteiger partial charge in [-0.3, -0.25) is 9.59 Å². The molecule has 0 spiro atoms. The summed E-state index contributed by atoms with van der Waals surface area (Å²) in [4.78, 5) is 43.9. The molecule has 0 radical (unpaired) electrons. The molecule has 1 atom stereocenters. The van der Waals surface area contributed by atoms with Crippen molar-refractivity contribution >= 4 is 34.8 Å². The van der Waals surface area contributed by atoms with Crippen LogP contribution in [-0.4, -0.2) is 53.1 Å². The van der Waals surface area contributed by atoms with Gasteiger partial charge in [-0.25, -0.2) is 4.79 Å². The SMILES string of the molecule is CC(C)(C)C(=O)CN1C(=O)C(NC(=O)Nc2cccc(C(O)O)c2)CN(C2CCCCC2)c2ccccc21. The predicted octanol–water partition coefficient (Wildman–Crippen LogP) is 3.96. The van der Waals surface area contributed by atoms with Gasteiger partial charge in [0.15, 0.2) is 12.1 Å². The molecule has 1 fully saturated rings. The second kappa shape index (κ2) is 11.5. The summed E-state index contributed by atoms with van der Waals surface area (Å²) in [5.74, 6) is -0.419. The van der Waals surface area contributed by atoms with Crippen LogP contribution in [0.1, 0.15) is 64.7 Å². The summed E-state index contributed by atoms with van der Waals surface area (Å²) in [6, 6.07) is 12.6. The van der Waals surface area contributed by atoms with E-state index in [1.54, 1.807) is 12.1 Å². The van der Waals surface area contributed by atoms with Crippen molar-refractivity contribution < 1.29 is 24.6 Å². The molecule has 1 aliphatic carbocycles. The molecule has 9 heteroatoms. The minimum absolute atomic E-state index is 0.0747. The zero-order valence-electron chi connectivity index (χ0n) is 22.3. The number of carbonyl (C=O) groups excluding carboxylic acids is 3. The van der Waals surface area contributed by atoms with Crippen molar-refractivity contribution in [2.45, 2.75) is 71.2 Å². The summed E-state index contributed by atoms with van der Waals surface area (Å²) in [7, 11) is 0. The van der Waals surface area contributed by atoms with Crippen molar-refractivity contribution in [3.63, 3.8) is 0 Å². The van der Waals surface area contributed by atoms with Gasteiger partial charge in [-0.2, -0.15) is 0 Å². The van der Waals surface area contributed by atoms with E-state index in [9.17, 15) is 24.6 Å². The fraction of sp³-hybridized carbons (Fsp3) is 0.483. The van der Waals surface area contributed by atoms with Gasteiger partial charge in [-0.15, -0.1) is 0 Å². The van der Waals surface area contributed by atoms with E-state index in [0.717, 1.165) is 31.4 Å². The van der Waals surface area contributed by atoms with E-state index >= 15 is 0 Å². The third-order valence-electron chi connectivity index (χ3n) is 7.33. The second-order valence-corrected chi connectivity index (χ2v) is 11.2. The second-order valence-electron chi connectivity index (χ2n) is 11.2. The molecule has 2 aromatic rings. The number of rotatable bonds is 6. The van der Waals surface area contributed by atoms with Gasteiger partial charge in [0.25, 0.3) is 5.91 Å². The van der Waals surface area contributed by atoms with Crippen molar-refractivity contribution in [1.29, 1.82) is 0 Å². The highest BCUT2D eigenvalue weighted by Crippen LogP contribution is 2.37. The number of benzene rings is 2. The molecule has 9 nitrogen and oxygen atoms in total. The first-order valence-corrected chi connectivity index (χ1v) is 13.3. The summed E-state index contributed by atoms with van der Waals surface area (Å²) in [5.41, 5.74) is 1.53. The third-order valence-corrected chi connectivity index (χ3v) is 7.33. The molecule has 0 saturated heterocycles. The van der Waals surface area contributed by atoms with E-state index in [0.29, 0.717) is 11.4 Å². The van der Waals surface area contributed by atoms with Gasteiger partial charge < -0.3 is 30.6 Å². The van der Waals surface area contributed by atoms with Gasteiger partial charge >= 0.3 is 6.03 Å². The van der Waals surface area contributed by atoms with Crippen LogP contribution in [0.5, 0.6) is 0 Å². The Labute approximate surface area is 223 Å². The summed E-state index contributed by atoms with van der Waals surface area (Å²) < 4.78 is 0. The molecule has 38 heavy (non-hydrogen) atoms. The Hall–Kier alpha value is -3.43. The Kier molecular flexibility index (Phi) is 8.38. The number of nitrogens with one attached hydrogen (secondary N) is 2. The first-order chi connectivity index (χ1) is 18.0. The molecule has 0 bridgehead atoms. The highest BCUT2D eigenvalue weighted by Gasteiger charge is 2.39. The summed E-state index contributed by atoms with van der Waals surface area (Å²) in [6.07, 6.45) is 3.73. The lowest BCUT2D eigenvalue weighted by atomic mass is 9.90. The molecule has 1 aliphatic heterocycles. The maximum Gasteiger partial charge on any atom is 0.319 e. The topological polar surface area (TPSA) is 122 Å². The molecule has 2 aliphatic rings. The summed E-state index contributed by atoms with van der Waals surface area (Å²) in [6.45, 7) is 5.69. The summed E-state index contributed by atoms with van der Waals surface area (Å²) >= 11 is 0. The Morgan fingerprint density at radius 2 is 1.68 bits per heavy atom. The predicted molar refractivity (Wildman–Crippen MR) is 147 cm³/mol. The Morgan fingerprint density at radius 1 is 1.00 bits per heavy atom. The van der Waals surface area contributed by atoms with Gasteiger partial charge in [-0.05, 0) is 37.1 Å². The van der Waals surface area contributed by atoms with Crippen LogP contribution in [0.25, 0.3) is 0 Å². The van der Waals surface area contributed by atoms with E-state index in [1.165, 1.54) is 23.5 Å². The monoisotopic (exact) mass is 522 g/mol. The molecule has 0 aromatic heterocycles. The number of nitrogens with zero attached hydrogens (tertiary/aromatic N) is 2. The number of ketones is 1. The molecule has 3 amide bonds. The number of amides is 3. The highest BCUT2D eigenvalue weighted by atomic mass is 16.5. The molecule has 204 valence electrons. The van der Waals surface area contributed by atoms with Crippen LogP contribution >= 0.6 is 0 Å². The van der Waals surface area contributed by atoms with E-state index in [-0.39, 0.29) is 36.4 Å². The Bertz CT molecular complexity index is 1170. The van der Waals surface area contributed by atoms with Crippen molar-refractivity contribution in [2.24, 2.45) is 5.41 Å². The molecule has 4 rings (SSSR count). The number of anilines is 3. The van der Waals surface area contributed by atoms with Crippen molar-refractivity contribution in [3.8, 4) is 0 Å². The Balaban J connectivity index is 1.65. The normalized spacial score (nSPS) is 18.7. The Morgan fingerprint density at radius 3 is 2.34 bits per heavy atom. The fourth-order valence-electron chi connectivity index (χ4n) is 5.11. The van der Waals surface area contributed by atoms with Crippen LogP contribution in [0.4, 0.5) is 21.9 Å². The molecule has 1 saturated carbocycles. The van der Waals surface area contributed by atoms with Crippen molar-refractivity contribution in [3.05, 3.63) is 54.1 Å². The lowest BCUT2D eigenvalue weighted by molar-refractivity contribution is -0.127. The first-order valence-electron chi connectivity index (χ1n) is 13.3. The zero-order chi connectivity index (χ0) is 27.4. The van der Waals surface area contributed by atoms with Gasteiger partial charge in [0.05, 0.1) is 17.9 Å². The van der Waals surface area contributed by atoms with Gasteiger partial charge in [-0.1, -0.05) is 64.3 Å². The quantitative estimate of drug-likeness (QED) is 0.426. The first kappa shape index (κ1) is 27.6. The minimum Gasteiger partial charge on any atom is -0.364 e. The van der Waals surface area contributed by atoms with Crippen LogP contribution in [0, 0.1) is 5.41 Å². The molecule has 1 unspecified atom stereocenters. The number of para-hydroxylation sites is 2. The lowest BCUT2D eigenvalue weighted by Crippen LogP contribution is -2.55. The van der Waals surface area contributed by atoms with E-state index in [4.69, 9.17) is 0 Å². The molecular formula is C29H38N4O5. The lowest BCUT2D eigenvalue weighted by Gasteiger charge is -2.37. The average molecular weight is 523 g/mol. The van der Waals surface area contributed by atoms with Gasteiger partial charge in [0, 0.05) is 29.3 Å². The summed E-state index contributed by atoms with van der Waals surface area (Å²) in [5, 5.41) is 24.4. The van der Waals surface area contributed by atoms with Crippen LogP contribution in [-0.2, 0) is 9.59 Å². The molecule has 1 heterocycles. The smallest absolute Gasteiger partial charge is 0.319 e. The average Bonchev–Trinajstić information content (AvgIpc) is 2.99. The fourth-order valence-corrected chi connectivity index (χ4v) is 5.11. The van der Waals surface area contributed by atoms with Crippen LogP contribution in [0.2, 0.25) is 0 Å². The number of hydrogen-bond donors (Lipinski definition) is 4. The van der Waals surface area contributed by atoms with Crippen LogP contribution < -0.4 is 20.4 Å². The van der Waals surface area contributed by atoms with Crippen LogP contribution in [0.3, 0.4) is 0 Å². The van der Waals surface area contributed by atoms with E-state index < -0.39 is 23.8 Å². The number of hydrogen-bond acceptors (Lipinski definition) is 6. The van der Waals surface area contributed by atoms with Crippen molar-refractivity contribution in [1.82, 2.24) is 5.32 Å². The number of Topliss-reactive ketones (excluding diaryl/α,β-unsaturated/α-hetero) is 1. The molecular weight excluding hydrogens is 484 g/mol. The number of aliphatic hydroxyl groups excluding tert-OH is 1. The maximum absolute atomic E-state index is 14.0. The van der Waals surface area contributed by atoms with E-state index in [1.807, 2.05) is 45.0 Å². The number of carbonyl (C=O) groups is 3. The number of fused-ring (bicyclic) bond motifs is 1. The molecule has 2 aromatic carbocycles. The third kappa shape index (κ3) is 6.34. The maximum atomic E-state index is 14.0. The highest BCUT2D eigenvalue weighted by molar-refractivity contribution is 6.08. The van der Waals surface area contributed by atoms with E-state index in [2.05, 4.69) is 15.5 Å². The van der Waals surface area contributed by atoms with Gasteiger partial charge in [0.2, 0.25) is 0 Å². The van der Waals surface area contributed by atoms with Crippen LogP contribution in [0.15, 0.2) is 48.5 Å². The number of urea groups is 1. The number of aliphatic hydroxyl groups is 2. The standard InChI is InChI=1S/C29H38N4O5/c1-29(2,3)25(34)18-33-24-15-8-7-14-23(24)32(21-12-5-4-6-13-21)17-22(26(33)35)31-28(38)30-20-11-9-10-19(16-20)27(36)37/h7-11,14-16,21-22,27,36-37H,4-6,12-13,17-18H2,1-3H3,(H2,30,31,38). The largest absolute Gasteiger partial charge is 0.364 e. The minimum atomic E-state index is -1.67.